The van der Waals surface area contributed by atoms with E-state index in [1.165, 1.54) is 0 Å². The minimum Gasteiger partial charge on any atom is -0.497 e. The van der Waals surface area contributed by atoms with E-state index < -0.39 is 5.41 Å². The SMILES string of the molecule is COc1ccc(OC(=O)[C@]2(C)c3ccccc3C=C[C@@H]2c2ccccc2)c(C(C)(C)C)c1. The third-order valence-corrected chi connectivity index (χ3v) is 6.39. The summed E-state index contributed by atoms with van der Waals surface area (Å²) in [6.07, 6.45) is 4.23. The molecule has 3 aromatic rings. The molecule has 0 radical (unpaired) electrons. The highest BCUT2D eigenvalue weighted by Crippen LogP contribution is 2.47. The lowest BCUT2D eigenvalue weighted by Crippen LogP contribution is -2.43. The van der Waals surface area contributed by atoms with E-state index in [4.69, 9.17) is 9.47 Å². The number of carbonyl (C=O) groups is 1. The maximum Gasteiger partial charge on any atom is 0.322 e. The number of hydrogen-bond acceptors (Lipinski definition) is 3. The molecule has 32 heavy (non-hydrogen) atoms. The second-order valence-corrected chi connectivity index (χ2v) is 9.54. The zero-order valence-electron chi connectivity index (χ0n) is 19.4. The van der Waals surface area contributed by atoms with Crippen molar-refractivity contribution in [1.82, 2.24) is 0 Å². The van der Waals surface area contributed by atoms with Gasteiger partial charge in [0.1, 0.15) is 16.9 Å². The van der Waals surface area contributed by atoms with E-state index in [0.717, 1.165) is 28.0 Å². The Hall–Kier alpha value is -3.33. The number of hydrogen-bond donors (Lipinski definition) is 0. The molecule has 1 aliphatic carbocycles. The molecule has 0 fully saturated rings. The Morgan fingerprint density at radius 1 is 0.938 bits per heavy atom. The lowest BCUT2D eigenvalue weighted by molar-refractivity contribution is -0.141. The van der Waals surface area contributed by atoms with Crippen LogP contribution in [0.5, 0.6) is 11.5 Å². The largest absolute Gasteiger partial charge is 0.497 e. The van der Waals surface area contributed by atoms with Crippen LogP contribution in [0, 0.1) is 0 Å². The number of methoxy groups -OCH3 is 1. The minimum absolute atomic E-state index is 0.137. The van der Waals surface area contributed by atoms with Gasteiger partial charge in [-0.25, -0.2) is 0 Å². The van der Waals surface area contributed by atoms with Crippen molar-refractivity contribution in [3.05, 3.63) is 101 Å². The third-order valence-electron chi connectivity index (χ3n) is 6.39. The highest BCUT2D eigenvalue weighted by atomic mass is 16.5. The molecule has 0 aromatic heterocycles. The van der Waals surface area contributed by atoms with Crippen LogP contribution >= 0.6 is 0 Å². The van der Waals surface area contributed by atoms with Gasteiger partial charge in [-0.3, -0.25) is 4.79 Å². The van der Waals surface area contributed by atoms with Gasteiger partial charge in [0.05, 0.1) is 7.11 Å². The molecule has 0 unspecified atom stereocenters. The topological polar surface area (TPSA) is 35.5 Å². The molecule has 4 rings (SSSR count). The quantitative estimate of drug-likeness (QED) is 0.345. The first-order valence-electron chi connectivity index (χ1n) is 11.0. The summed E-state index contributed by atoms with van der Waals surface area (Å²) in [5, 5.41) is 0. The van der Waals surface area contributed by atoms with Crippen molar-refractivity contribution in [3.63, 3.8) is 0 Å². The van der Waals surface area contributed by atoms with E-state index >= 15 is 0 Å². The van der Waals surface area contributed by atoms with E-state index in [0.29, 0.717) is 5.75 Å². The maximum atomic E-state index is 14.0. The Labute approximate surface area is 190 Å². The van der Waals surface area contributed by atoms with Crippen molar-refractivity contribution in [1.29, 1.82) is 0 Å². The van der Waals surface area contributed by atoms with Crippen molar-refractivity contribution in [2.45, 2.75) is 44.4 Å². The Kier molecular flexibility index (Phi) is 5.68. The smallest absolute Gasteiger partial charge is 0.322 e. The van der Waals surface area contributed by atoms with Crippen LogP contribution in [-0.4, -0.2) is 13.1 Å². The number of esters is 1. The summed E-state index contributed by atoms with van der Waals surface area (Å²) >= 11 is 0. The Morgan fingerprint density at radius 2 is 1.62 bits per heavy atom. The van der Waals surface area contributed by atoms with Gasteiger partial charge in [-0.05, 0) is 47.2 Å². The first kappa shape index (κ1) is 21.9. The van der Waals surface area contributed by atoms with Crippen LogP contribution in [0.4, 0.5) is 0 Å². The van der Waals surface area contributed by atoms with E-state index in [9.17, 15) is 4.79 Å². The van der Waals surface area contributed by atoms with Crippen LogP contribution in [0.2, 0.25) is 0 Å². The first-order chi connectivity index (χ1) is 15.2. The molecule has 0 bridgehead atoms. The summed E-state index contributed by atoms with van der Waals surface area (Å²) in [4.78, 5) is 14.0. The van der Waals surface area contributed by atoms with Crippen molar-refractivity contribution in [2.75, 3.05) is 7.11 Å². The van der Waals surface area contributed by atoms with E-state index in [2.05, 4.69) is 45.1 Å². The van der Waals surface area contributed by atoms with Crippen LogP contribution in [0.3, 0.4) is 0 Å². The third kappa shape index (κ3) is 3.84. The molecular weight excluding hydrogens is 396 g/mol. The number of rotatable bonds is 4. The number of fused-ring (bicyclic) bond motifs is 1. The molecule has 1 aliphatic rings. The second kappa shape index (κ2) is 8.31. The number of allylic oxidation sites excluding steroid dienone is 1. The molecule has 0 heterocycles. The number of carbonyl (C=O) groups excluding carboxylic acids is 1. The lowest BCUT2D eigenvalue weighted by atomic mass is 9.65. The van der Waals surface area contributed by atoms with E-state index in [-0.39, 0.29) is 17.3 Å². The predicted molar refractivity (Wildman–Crippen MR) is 129 cm³/mol. The van der Waals surface area contributed by atoms with Gasteiger partial charge in [0.25, 0.3) is 0 Å². The fourth-order valence-electron chi connectivity index (χ4n) is 4.53. The number of benzene rings is 3. The first-order valence-corrected chi connectivity index (χ1v) is 11.0. The van der Waals surface area contributed by atoms with Gasteiger partial charge in [-0.15, -0.1) is 0 Å². The molecule has 0 spiro atoms. The van der Waals surface area contributed by atoms with Gasteiger partial charge in [0.2, 0.25) is 0 Å². The summed E-state index contributed by atoms with van der Waals surface area (Å²) < 4.78 is 11.6. The van der Waals surface area contributed by atoms with Crippen molar-refractivity contribution in [3.8, 4) is 11.5 Å². The molecule has 0 aliphatic heterocycles. The molecular formula is C29H30O3. The normalized spacial score (nSPS) is 19.8. The fraction of sp³-hybridized carbons (Fsp3) is 0.276. The summed E-state index contributed by atoms with van der Waals surface area (Å²) in [5.41, 5.74) is 2.96. The average molecular weight is 427 g/mol. The van der Waals surface area contributed by atoms with Gasteiger partial charge in [0, 0.05) is 11.5 Å². The van der Waals surface area contributed by atoms with Crippen molar-refractivity contribution >= 4 is 12.0 Å². The summed E-state index contributed by atoms with van der Waals surface area (Å²) in [6, 6.07) is 23.9. The van der Waals surface area contributed by atoms with Gasteiger partial charge in [-0.1, -0.05) is 87.5 Å². The Morgan fingerprint density at radius 3 is 2.31 bits per heavy atom. The molecule has 3 aromatic carbocycles. The summed E-state index contributed by atoms with van der Waals surface area (Å²) in [6.45, 7) is 8.31. The van der Waals surface area contributed by atoms with Crippen LogP contribution < -0.4 is 9.47 Å². The molecule has 0 saturated heterocycles. The molecule has 0 saturated carbocycles. The standard InChI is InChI=1S/C29H30O3/c1-28(2,3)25-19-22(31-5)16-18-26(25)32-27(30)29(4)23-14-10-9-13-21(23)15-17-24(29)20-11-7-6-8-12-20/h6-19,24H,1-5H3/t24-,29-/m1/s1. The summed E-state index contributed by atoms with van der Waals surface area (Å²) in [5.74, 6) is 0.915. The zero-order chi connectivity index (χ0) is 22.9. The average Bonchev–Trinajstić information content (AvgIpc) is 2.79. The molecule has 3 nitrogen and oxygen atoms in total. The van der Waals surface area contributed by atoms with Crippen molar-refractivity contribution < 1.29 is 14.3 Å². The predicted octanol–water partition coefficient (Wildman–Crippen LogP) is 6.67. The van der Waals surface area contributed by atoms with Gasteiger partial charge >= 0.3 is 5.97 Å². The van der Waals surface area contributed by atoms with Gasteiger partial charge in [0.15, 0.2) is 0 Å². The van der Waals surface area contributed by atoms with Crippen LogP contribution in [0.1, 0.15) is 55.9 Å². The van der Waals surface area contributed by atoms with E-state index in [1.807, 2.05) is 67.6 Å². The number of ether oxygens (including phenoxy) is 2. The Balaban J connectivity index is 1.81. The lowest BCUT2D eigenvalue weighted by Gasteiger charge is -2.38. The molecule has 3 heteroatoms. The van der Waals surface area contributed by atoms with Crippen LogP contribution in [-0.2, 0) is 15.6 Å². The molecule has 0 N–H and O–H groups in total. The summed E-state index contributed by atoms with van der Waals surface area (Å²) in [7, 11) is 1.64. The Bertz CT molecular complexity index is 1150. The fourth-order valence-corrected chi connectivity index (χ4v) is 4.53. The molecule has 164 valence electrons. The highest BCUT2D eigenvalue weighted by molar-refractivity contribution is 5.90. The van der Waals surface area contributed by atoms with E-state index in [1.54, 1.807) is 7.11 Å². The monoisotopic (exact) mass is 426 g/mol. The van der Waals surface area contributed by atoms with Crippen LogP contribution in [0.25, 0.3) is 6.08 Å². The minimum atomic E-state index is -0.873. The van der Waals surface area contributed by atoms with Crippen LogP contribution in [0.15, 0.2) is 78.9 Å². The molecule has 0 amide bonds. The maximum absolute atomic E-state index is 14.0. The molecule has 2 atom stereocenters. The zero-order valence-corrected chi connectivity index (χ0v) is 19.4. The van der Waals surface area contributed by atoms with Crippen molar-refractivity contribution in [2.24, 2.45) is 0 Å². The van der Waals surface area contributed by atoms with Gasteiger partial charge in [-0.2, -0.15) is 0 Å². The highest BCUT2D eigenvalue weighted by Gasteiger charge is 2.47. The second-order valence-electron chi connectivity index (χ2n) is 9.54. The van der Waals surface area contributed by atoms with Gasteiger partial charge < -0.3 is 9.47 Å².